The summed E-state index contributed by atoms with van der Waals surface area (Å²) in [5.74, 6) is -0.0673. The predicted molar refractivity (Wildman–Crippen MR) is 122 cm³/mol. The molecule has 1 N–H and O–H groups in total. The van der Waals surface area contributed by atoms with Crippen molar-refractivity contribution in [3.63, 3.8) is 0 Å². The standard InChI is InChI=1S/C23H20ClN5O3/c1-2-28-21-18(13-26-20(27-21)16-8-10-17(24)11-9-16)22(31)29(23(28)32)14-19(30)25-12-15-6-4-3-5-7-15/h3-11,13H,2,12,14H2,1H3,(H,25,30). The van der Waals surface area contributed by atoms with Crippen LogP contribution in [-0.4, -0.2) is 25.0 Å². The number of nitrogens with one attached hydrogen (secondary N) is 1. The highest BCUT2D eigenvalue weighted by molar-refractivity contribution is 6.30. The topological polar surface area (TPSA) is 98.9 Å². The number of hydrogen-bond acceptors (Lipinski definition) is 5. The molecule has 9 heteroatoms. The second kappa shape index (κ2) is 9.15. The number of carbonyl (C=O) groups excluding carboxylic acids is 1. The van der Waals surface area contributed by atoms with Crippen LogP contribution in [-0.2, 0) is 24.4 Å². The third kappa shape index (κ3) is 4.31. The van der Waals surface area contributed by atoms with Gasteiger partial charge in [-0.15, -0.1) is 0 Å². The van der Waals surface area contributed by atoms with Gasteiger partial charge in [-0.2, -0.15) is 0 Å². The van der Waals surface area contributed by atoms with Crippen molar-refractivity contribution in [3.05, 3.63) is 92.2 Å². The zero-order chi connectivity index (χ0) is 22.7. The van der Waals surface area contributed by atoms with Gasteiger partial charge >= 0.3 is 5.69 Å². The summed E-state index contributed by atoms with van der Waals surface area (Å²) in [6.07, 6.45) is 1.39. The van der Waals surface area contributed by atoms with Gasteiger partial charge in [0.25, 0.3) is 5.56 Å². The van der Waals surface area contributed by atoms with E-state index in [0.717, 1.165) is 10.1 Å². The lowest BCUT2D eigenvalue weighted by molar-refractivity contribution is -0.121. The highest BCUT2D eigenvalue weighted by atomic mass is 35.5. The van der Waals surface area contributed by atoms with E-state index in [2.05, 4.69) is 15.3 Å². The molecular formula is C23H20ClN5O3. The van der Waals surface area contributed by atoms with Gasteiger partial charge in [-0.1, -0.05) is 41.9 Å². The van der Waals surface area contributed by atoms with E-state index in [1.54, 1.807) is 31.2 Å². The fourth-order valence-corrected chi connectivity index (χ4v) is 3.48. The van der Waals surface area contributed by atoms with Crippen molar-refractivity contribution >= 4 is 28.5 Å². The maximum atomic E-state index is 13.0. The molecule has 32 heavy (non-hydrogen) atoms. The second-order valence-electron chi connectivity index (χ2n) is 7.12. The first-order chi connectivity index (χ1) is 15.5. The number of benzene rings is 2. The SMILES string of the molecule is CCn1c(=O)n(CC(=O)NCc2ccccc2)c(=O)c2cnc(-c3ccc(Cl)cc3)nc21. The molecule has 2 aromatic carbocycles. The van der Waals surface area contributed by atoms with Gasteiger partial charge < -0.3 is 5.32 Å². The molecule has 162 valence electrons. The van der Waals surface area contributed by atoms with Crippen LogP contribution in [0.5, 0.6) is 0 Å². The highest BCUT2D eigenvalue weighted by Gasteiger charge is 2.17. The number of fused-ring (bicyclic) bond motifs is 1. The minimum atomic E-state index is -0.604. The lowest BCUT2D eigenvalue weighted by atomic mass is 10.2. The van der Waals surface area contributed by atoms with Crippen LogP contribution in [0.25, 0.3) is 22.4 Å². The van der Waals surface area contributed by atoms with Crippen LogP contribution in [0.15, 0.2) is 70.4 Å². The van der Waals surface area contributed by atoms with E-state index < -0.39 is 17.2 Å². The molecule has 0 bridgehead atoms. The molecule has 0 aliphatic carbocycles. The van der Waals surface area contributed by atoms with Crippen molar-refractivity contribution in [3.8, 4) is 11.4 Å². The number of rotatable bonds is 6. The average Bonchev–Trinajstić information content (AvgIpc) is 2.81. The van der Waals surface area contributed by atoms with Gasteiger partial charge in [-0.25, -0.2) is 14.8 Å². The number of aromatic nitrogens is 4. The first-order valence-electron chi connectivity index (χ1n) is 10.0. The minimum absolute atomic E-state index is 0.167. The zero-order valence-electron chi connectivity index (χ0n) is 17.3. The van der Waals surface area contributed by atoms with Gasteiger partial charge in [0.2, 0.25) is 5.91 Å². The van der Waals surface area contributed by atoms with Crippen molar-refractivity contribution in [2.24, 2.45) is 0 Å². The number of aryl methyl sites for hydroxylation is 1. The molecule has 0 unspecified atom stereocenters. The number of carbonyl (C=O) groups is 1. The van der Waals surface area contributed by atoms with Crippen LogP contribution in [0.4, 0.5) is 0 Å². The number of hydrogen-bond donors (Lipinski definition) is 1. The number of amides is 1. The largest absolute Gasteiger partial charge is 0.350 e. The van der Waals surface area contributed by atoms with Crippen molar-refractivity contribution < 1.29 is 4.79 Å². The third-order valence-corrected chi connectivity index (χ3v) is 5.27. The summed E-state index contributed by atoms with van der Waals surface area (Å²) in [7, 11) is 0. The van der Waals surface area contributed by atoms with Crippen LogP contribution >= 0.6 is 11.6 Å². The van der Waals surface area contributed by atoms with Crippen LogP contribution in [0.1, 0.15) is 12.5 Å². The van der Waals surface area contributed by atoms with Gasteiger partial charge in [0.1, 0.15) is 11.9 Å². The molecule has 0 aliphatic rings. The van der Waals surface area contributed by atoms with Gasteiger partial charge in [-0.3, -0.25) is 18.7 Å². The molecule has 2 aromatic heterocycles. The van der Waals surface area contributed by atoms with E-state index in [0.29, 0.717) is 23.0 Å². The Balaban J connectivity index is 1.69. The van der Waals surface area contributed by atoms with Gasteiger partial charge in [0, 0.05) is 29.9 Å². The fourth-order valence-electron chi connectivity index (χ4n) is 3.36. The molecule has 4 rings (SSSR count). The Morgan fingerprint density at radius 2 is 1.75 bits per heavy atom. The smallest absolute Gasteiger partial charge is 0.333 e. The summed E-state index contributed by atoms with van der Waals surface area (Å²) in [5.41, 5.74) is 0.646. The van der Waals surface area contributed by atoms with E-state index in [1.807, 2.05) is 30.3 Å². The normalized spacial score (nSPS) is 10.9. The maximum Gasteiger partial charge on any atom is 0.333 e. The van der Waals surface area contributed by atoms with Gasteiger partial charge in [-0.05, 0) is 36.8 Å². The monoisotopic (exact) mass is 449 g/mol. The Hall–Kier alpha value is -3.78. The molecule has 0 spiro atoms. The molecule has 0 aliphatic heterocycles. The second-order valence-corrected chi connectivity index (χ2v) is 7.55. The third-order valence-electron chi connectivity index (χ3n) is 5.01. The average molecular weight is 450 g/mol. The summed E-state index contributed by atoms with van der Waals surface area (Å²) in [6, 6.07) is 16.3. The molecule has 0 atom stereocenters. The van der Waals surface area contributed by atoms with Crippen LogP contribution in [0, 0.1) is 0 Å². The van der Waals surface area contributed by atoms with Crippen molar-refractivity contribution in [1.29, 1.82) is 0 Å². The summed E-state index contributed by atoms with van der Waals surface area (Å²) in [4.78, 5) is 47.2. The Bertz CT molecular complexity index is 1400. The lowest BCUT2D eigenvalue weighted by Crippen LogP contribution is -2.44. The van der Waals surface area contributed by atoms with E-state index in [9.17, 15) is 14.4 Å². The molecule has 1 amide bonds. The Kier molecular flexibility index (Phi) is 6.13. The van der Waals surface area contributed by atoms with E-state index in [-0.39, 0.29) is 24.1 Å². The van der Waals surface area contributed by atoms with Gasteiger partial charge in [0.05, 0.1) is 0 Å². The first kappa shape index (κ1) is 21.5. The van der Waals surface area contributed by atoms with E-state index in [4.69, 9.17) is 11.6 Å². The lowest BCUT2D eigenvalue weighted by Gasteiger charge is -2.13. The summed E-state index contributed by atoms with van der Waals surface area (Å²) >= 11 is 5.94. The van der Waals surface area contributed by atoms with Crippen LogP contribution < -0.4 is 16.6 Å². The van der Waals surface area contributed by atoms with Crippen LogP contribution in [0.3, 0.4) is 0 Å². The molecule has 4 aromatic rings. The molecule has 0 radical (unpaired) electrons. The zero-order valence-corrected chi connectivity index (χ0v) is 18.0. The van der Waals surface area contributed by atoms with Gasteiger partial charge in [0.15, 0.2) is 11.5 Å². The summed E-state index contributed by atoms with van der Waals surface area (Å²) in [6.45, 7) is 1.96. The van der Waals surface area contributed by atoms with Crippen LogP contribution in [0.2, 0.25) is 5.02 Å². The summed E-state index contributed by atoms with van der Waals surface area (Å²) in [5, 5.41) is 3.48. The molecular weight excluding hydrogens is 430 g/mol. The first-order valence-corrected chi connectivity index (χ1v) is 10.4. The number of halogens is 1. The minimum Gasteiger partial charge on any atom is -0.350 e. The highest BCUT2D eigenvalue weighted by Crippen LogP contribution is 2.19. The Morgan fingerprint density at radius 1 is 1.03 bits per heavy atom. The predicted octanol–water partition coefficient (Wildman–Crippen LogP) is 2.61. The fraction of sp³-hybridized carbons (Fsp3) is 0.174. The van der Waals surface area contributed by atoms with Crippen molar-refractivity contribution in [2.75, 3.05) is 0 Å². The molecule has 0 fully saturated rings. The molecule has 8 nitrogen and oxygen atoms in total. The van der Waals surface area contributed by atoms with E-state index in [1.165, 1.54) is 10.8 Å². The molecule has 0 saturated heterocycles. The summed E-state index contributed by atoms with van der Waals surface area (Å²) < 4.78 is 2.28. The Labute approximate surface area is 188 Å². The van der Waals surface area contributed by atoms with E-state index >= 15 is 0 Å². The van der Waals surface area contributed by atoms with Crippen molar-refractivity contribution in [2.45, 2.75) is 26.6 Å². The Morgan fingerprint density at radius 3 is 2.44 bits per heavy atom. The maximum absolute atomic E-state index is 13.0. The molecule has 2 heterocycles. The number of nitrogens with zero attached hydrogens (tertiary/aromatic N) is 4. The van der Waals surface area contributed by atoms with Crippen molar-refractivity contribution in [1.82, 2.24) is 24.4 Å². The quantitative estimate of drug-likeness (QED) is 0.488. The molecule has 0 saturated carbocycles.